The first kappa shape index (κ1) is 17.3. The molecule has 0 bridgehead atoms. The van der Waals surface area contributed by atoms with Gasteiger partial charge in [-0.25, -0.2) is 4.31 Å². The minimum absolute atomic E-state index is 0.124. The van der Waals surface area contributed by atoms with E-state index >= 15 is 0 Å². The third kappa shape index (κ3) is 3.71. The average Bonchev–Trinajstić information content (AvgIpc) is 2.70. The molecule has 0 N–H and O–H groups in total. The SMILES string of the molecule is O=S1(=O)N=C(OCc2ccccc2)c2ccccc2N1Cc1ccccc1. The van der Waals surface area contributed by atoms with E-state index in [4.69, 9.17) is 4.74 Å². The molecule has 0 fully saturated rings. The molecule has 136 valence electrons. The molecule has 3 aromatic rings. The molecule has 0 amide bonds. The van der Waals surface area contributed by atoms with Gasteiger partial charge in [-0.3, -0.25) is 0 Å². The van der Waals surface area contributed by atoms with Crippen molar-refractivity contribution in [3.8, 4) is 0 Å². The van der Waals surface area contributed by atoms with Crippen LogP contribution in [0, 0.1) is 0 Å². The van der Waals surface area contributed by atoms with Gasteiger partial charge in [0.1, 0.15) is 6.61 Å². The van der Waals surface area contributed by atoms with Gasteiger partial charge in [-0.1, -0.05) is 72.8 Å². The van der Waals surface area contributed by atoms with Crippen LogP contribution in [-0.2, 0) is 28.1 Å². The summed E-state index contributed by atoms with van der Waals surface area (Å²) in [6.45, 7) is 0.470. The van der Waals surface area contributed by atoms with E-state index < -0.39 is 10.2 Å². The van der Waals surface area contributed by atoms with Crippen LogP contribution in [-0.4, -0.2) is 14.3 Å². The zero-order valence-corrected chi connectivity index (χ0v) is 15.3. The highest BCUT2D eigenvalue weighted by atomic mass is 32.2. The summed E-state index contributed by atoms with van der Waals surface area (Å²) >= 11 is 0. The van der Waals surface area contributed by atoms with Crippen LogP contribution in [0.1, 0.15) is 16.7 Å². The summed E-state index contributed by atoms with van der Waals surface area (Å²) in [5, 5.41) is 0. The third-order valence-corrected chi connectivity index (χ3v) is 5.55. The van der Waals surface area contributed by atoms with E-state index in [1.165, 1.54) is 4.31 Å². The number of ether oxygens (including phenoxy) is 1. The van der Waals surface area contributed by atoms with Crippen molar-refractivity contribution < 1.29 is 13.2 Å². The van der Waals surface area contributed by atoms with E-state index in [-0.39, 0.29) is 19.0 Å². The fourth-order valence-electron chi connectivity index (χ4n) is 2.95. The Morgan fingerprint density at radius 3 is 2.07 bits per heavy atom. The number of fused-ring (bicyclic) bond motifs is 1. The Bertz CT molecular complexity index is 1060. The van der Waals surface area contributed by atoms with Gasteiger partial charge in [-0.15, -0.1) is 4.40 Å². The van der Waals surface area contributed by atoms with Crippen LogP contribution in [0.4, 0.5) is 5.69 Å². The largest absolute Gasteiger partial charge is 0.472 e. The molecule has 27 heavy (non-hydrogen) atoms. The fraction of sp³-hybridized carbons (Fsp3) is 0.0952. The van der Waals surface area contributed by atoms with Gasteiger partial charge in [0.2, 0.25) is 5.90 Å². The molecule has 0 atom stereocenters. The summed E-state index contributed by atoms with van der Waals surface area (Å²) in [6.07, 6.45) is 0. The van der Waals surface area contributed by atoms with Crippen molar-refractivity contribution in [2.75, 3.05) is 4.31 Å². The Morgan fingerprint density at radius 1 is 0.778 bits per heavy atom. The second kappa shape index (κ2) is 7.25. The summed E-state index contributed by atoms with van der Waals surface area (Å²) < 4.78 is 36.7. The van der Waals surface area contributed by atoms with Gasteiger partial charge in [0.05, 0.1) is 17.8 Å². The monoisotopic (exact) mass is 378 g/mol. The van der Waals surface area contributed by atoms with Gasteiger partial charge >= 0.3 is 10.2 Å². The quantitative estimate of drug-likeness (QED) is 0.691. The first-order valence-corrected chi connectivity index (χ1v) is 9.96. The molecule has 1 heterocycles. The summed E-state index contributed by atoms with van der Waals surface area (Å²) in [6, 6.07) is 26.3. The van der Waals surface area contributed by atoms with Crippen LogP contribution in [0.5, 0.6) is 0 Å². The third-order valence-electron chi connectivity index (χ3n) is 4.27. The van der Waals surface area contributed by atoms with Gasteiger partial charge in [-0.2, -0.15) is 8.42 Å². The van der Waals surface area contributed by atoms with E-state index in [0.29, 0.717) is 11.3 Å². The summed E-state index contributed by atoms with van der Waals surface area (Å²) in [4.78, 5) is 0. The molecule has 1 aliphatic heterocycles. The maximum absolute atomic E-state index is 12.8. The Kier molecular flexibility index (Phi) is 4.64. The van der Waals surface area contributed by atoms with Crippen molar-refractivity contribution in [3.63, 3.8) is 0 Å². The van der Waals surface area contributed by atoms with Crippen molar-refractivity contribution in [1.29, 1.82) is 0 Å². The topological polar surface area (TPSA) is 59.0 Å². The number of benzene rings is 3. The van der Waals surface area contributed by atoms with E-state index in [2.05, 4.69) is 4.40 Å². The Balaban J connectivity index is 1.67. The van der Waals surface area contributed by atoms with Crippen LogP contribution >= 0.6 is 0 Å². The zero-order chi connectivity index (χ0) is 18.7. The molecule has 4 rings (SSSR count). The molecule has 6 heteroatoms. The van der Waals surface area contributed by atoms with E-state index in [9.17, 15) is 8.42 Å². The molecule has 0 aromatic heterocycles. The van der Waals surface area contributed by atoms with Crippen LogP contribution in [0.15, 0.2) is 89.3 Å². The van der Waals surface area contributed by atoms with E-state index in [1.54, 1.807) is 6.07 Å². The first-order chi connectivity index (χ1) is 13.1. The van der Waals surface area contributed by atoms with Gasteiger partial charge in [0, 0.05) is 0 Å². The van der Waals surface area contributed by atoms with Crippen molar-refractivity contribution in [2.24, 2.45) is 4.40 Å². The molecule has 1 aliphatic rings. The van der Waals surface area contributed by atoms with Gasteiger partial charge in [-0.05, 0) is 23.3 Å². The number of rotatable bonds is 4. The molecule has 5 nitrogen and oxygen atoms in total. The van der Waals surface area contributed by atoms with Gasteiger partial charge in [0.15, 0.2) is 0 Å². The van der Waals surface area contributed by atoms with Gasteiger partial charge in [0.25, 0.3) is 0 Å². The van der Waals surface area contributed by atoms with Crippen molar-refractivity contribution in [1.82, 2.24) is 0 Å². The Labute approximate surface area is 158 Å². The van der Waals surface area contributed by atoms with E-state index in [1.807, 2.05) is 78.9 Å². The molecule has 0 saturated carbocycles. The lowest BCUT2D eigenvalue weighted by molar-refractivity contribution is 0.294. The molecule has 0 aliphatic carbocycles. The highest BCUT2D eigenvalue weighted by molar-refractivity contribution is 7.91. The lowest BCUT2D eigenvalue weighted by Crippen LogP contribution is -2.35. The lowest BCUT2D eigenvalue weighted by atomic mass is 10.1. The standard InChI is InChI=1S/C21H18N2O3S/c24-27(25)22-21(26-16-18-11-5-2-6-12-18)19-13-7-8-14-20(19)23(27)15-17-9-3-1-4-10-17/h1-14H,15-16H2. The van der Waals surface area contributed by atoms with Gasteiger partial charge < -0.3 is 4.74 Å². The Morgan fingerprint density at radius 2 is 1.37 bits per heavy atom. The van der Waals surface area contributed by atoms with Crippen LogP contribution in [0.25, 0.3) is 0 Å². The number of anilines is 1. The average molecular weight is 378 g/mol. The minimum Gasteiger partial charge on any atom is -0.472 e. The second-order valence-electron chi connectivity index (χ2n) is 6.16. The number of hydrogen-bond donors (Lipinski definition) is 0. The predicted octanol–water partition coefficient (Wildman–Crippen LogP) is 3.92. The van der Waals surface area contributed by atoms with Crippen molar-refractivity contribution in [3.05, 3.63) is 102 Å². The Hall–Kier alpha value is -3.12. The molecular weight excluding hydrogens is 360 g/mol. The second-order valence-corrected chi connectivity index (χ2v) is 7.68. The first-order valence-electron chi connectivity index (χ1n) is 8.56. The minimum atomic E-state index is -3.89. The number of nitrogens with zero attached hydrogens (tertiary/aromatic N) is 2. The van der Waals surface area contributed by atoms with Crippen LogP contribution in [0.3, 0.4) is 0 Å². The summed E-state index contributed by atoms with van der Waals surface area (Å²) in [5.41, 5.74) is 3.07. The maximum Gasteiger partial charge on any atom is 0.348 e. The summed E-state index contributed by atoms with van der Waals surface area (Å²) in [5.74, 6) is 0.124. The molecular formula is C21H18N2O3S. The predicted molar refractivity (Wildman–Crippen MR) is 106 cm³/mol. The van der Waals surface area contributed by atoms with Crippen LogP contribution in [0.2, 0.25) is 0 Å². The fourth-order valence-corrected chi connectivity index (χ4v) is 4.12. The molecule has 0 spiro atoms. The highest BCUT2D eigenvalue weighted by Gasteiger charge is 2.32. The van der Waals surface area contributed by atoms with Crippen molar-refractivity contribution in [2.45, 2.75) is 13.2 Å². The van der Waals surface area contributed by atoms with Crippen molar-refractivity contribution >= 4 is 21.8 Å². The molecule has 0 saturated heterocycles. The zero-order valence-electron chi connectivity index (χ0n) is 14.5. The van der Waals surface area contributed by atoms with Crippen LogP contribution < -0.4 is 4.31 Å². The summed E-state index contributed by atoms with van der Waals surface area (Å²) in [7, 11) is -3.89. The normalized spacial score (nSPS) is 15.0. The lowest BCUT2D eigenvalue weighted by Gasteiger charge is -2.28. The molecule has 3 aromatic carbocycles. The highest BCUT2D eigenvalue weighted by Crippen LogP contribution is 2.31. The number of para-hydroxylation sites is 1. The van der Waals surface area contributed by atoms with E-state index in [0.717, 1.165) is 11.1 Å². The molecule has 0 radical (unpaired) electrons. The molecule has 0 unspecified atom stereocenters. The maximum atomic E-state index is 12.8. The smallest absolute Gasteiger partial charge is 0.348 e. The number of hydrogen-bond acceptors (Lipinski definition) is 3.